The second kappa shape index (κ2) is 22.7. The number of aliphatic hydroxyl groups is 1. The summed E-state index contributed by atoms with van der Waals surface area (Å²) in [4.78, 5) is 104. The molecule has 2 aromatic rings. The van der Waals surface area contributed by atoms with E-state index < -0.39 is 89.8 Å². The molecular weight excluding hydrogens is 720 g/mol. The second-order valence-electron chi connectivity index (χ2n) is 13.8. The summed E-state index contributed by atoms with van der Waals surface area (Å²) in [6.45, 7) is 7.92. The minimum Gasteiger partial charge on any atom is -0.480 e. The first-order valence-electron chi connectivity index (χ1n) is 18.1. The number of nitrogens with zero attached hydrogens (tertiary/aromatic N) is 2. The number of carbonyl (C=O) groups excluding carboxylic acids is 6. The summed E-state index contributed by atoms with van der Waals surface area (Å²) in [5.41, 5.74) is 12.6. The maximum absolute atomic E-state index is 13.6. The number of rotatable bonds is 24. The van der Waals surface area contributed by atoms with E-state index in [2.05, 4.69) is 51.8 Å². The molecule has 0 fully saturated rings. The van der Waals surface area contributed by atoms with Crippen LogP contribution in [-0.2, 0) is 46.4 Å². The Morgan fingerprint density at radius 3 is 1.69 bits per heavy atom. The van der Waals surface area contributed by atoms with Gasteiger partial charge in [-0.3, -0.25) is 28.8 Å². The minimum atomic E-state index is -1.59. The number of carboxylic acid groups (broad SMARTS) is 1. The molecule has 2 heterocycles. The number of nitrogens with one attached hydrogen (secondary N) is 8. The van der Waals surface area contributed by atoms with E-state index in [-0.39, 0.29) is 31.6 Å². The molecule has 55 heavy (non-hydrogen) atoms. The molecule has 0 unspecified atom stereocenters. The molecule has 14 N–H and O–H groups in total. The van der Waals surface area contributed by atoms with Gasteiger partial charge in [-0.2, -0.15) is 0 Å². The largest absolute Gasteiger partial charge is 0.480 e. The van der Waals surface area contributed by atoms with Crippen molar-refractivity contribution in [1.29, 1.82) is 0 Å². The lowest BCUT2D eigenvalue weighted by molar-refractivity contribution is -0.142. The third kappa shape index (κ3) is 15.8. The highest BCUT2D eigenvalue weighted by Crippen LogP contribution is 2.09. The van der Waals surface area contributed by atoms with Crippen LogP contribution in [0, 0.1) is 5.92 Å². The van der Waals surface area contributed by atoms with Gasteiger partial charge < -0.3 is 63.5 Å². The van der Waals surface area contributed by atoms with Crippen LogP contribution in [0.2, 0.25) is 0 Å². The number of aliphatic carboxylic acids is 1. The van der Waals surface area contributed by atoms with Crippen molar-refractivity contribution in [1.82, 2.24) is 51.8 Å². The fourth-order valence-corrected chi connectivity index (χ4v) is 5.29. The summed E-state index contributed by atoms with van der Waals surface area (Å²) in [6.07, 6.45) is 5.36. The molecule has 0 radical (unpaired) electrons. The lowest BCUT2D eigenvalue weighted by atomic mass is 10.0. The van der Waals surface area contributed by atoms with Crippen molar-refractivity contribution >= 4 is 41.4 Å². The Bertz CT molecular complexity index is 1550. The van der Waals surface area contributed by atoms with Gasteiger partial charge in [-0.15, -0.1) is 0 Å². The van der Waals surface area contributed by atoms with E-state index in [1.165, 1.54) is 45.8 Å². The van der Waals surface area contributed by atoms with Crippen molar-refractivity contribution in [2.45, 2.75) is 122 Å². The Labute approximate surface area is 318 Å². The Morgan fingerprint density at radius 2 is 1.18 bits per heavy atom. The van der Waals surface area contributed by atoms with Gasteiger partial charge in [0, 0.05) is 36.6 Å². The number of nitrogens with two attached hydrogens (primary N) is 2. The topological polar surface area (TPSA) is 342 Å². The summed E-state index contributed by atoms with van der Waals surface area (Å²) >= 11 is 0. The Balaban J connectivity index is 2.09. The molecule has 6 amide bonds. The van der Waals surface area contributed by atoms with E-state index in [4.69, 9.17) is 11.5 Å². The highest BCUT2D eigenvalue weighted by molar-refractivity contribution is 5.97. The van der Waals surface area contributed by atoms with Crippen LogP contribution >= 0.6 is 0 Å². The monoisotopic (exact) mass is 776 g/mol. The summed E-state index contributed by atoms with van der Waals surface area (Å²) in [7, 11) is 0. The van der Waals surface area contributed by atoms with Crippen LogP contribution in [0.15, 0.2) is 25.0 Å². The normalized spacial score (nSPS) is 15.6. The van der Waals surface area contributed by atoms with E-state index in [0.717, 1.165) is 0 Å². The van der Waals surface area contributed by atoms with Gasteiger partial charge in [0.1, 0.15) is 36.3 Å². The number of aromatic amines is 2. The molecule has 0 spiro atoms. The van der Waals surface area contributed by atoms with Gasteiger partial charge >= 0.3 is 5.97 Å². The van der Waals surface area contributed by atoms with Crippen LogP contribution < -0.4 is 43.4 Å². The first-order chi connectivity index (χ1) is 25.9. The van der Waals surface area contributed by atoms with Crippen LogP contribution in [0.5, 0.6) is 0 Å². The Hall–Kier alpha value is -5.41. The smallest absolute Gasteiger partial charge is 0.326 e. The highest BCUT2D eigenvalue weighted by Gasteiger charge is 2.34. The summed E-state index contributed by atoms with van der Waals surface area (Å²) in [5, 5.41) is 35.2. The summed E-state index contributed by atoms with van der Waals surface area (Å²) < 4.78 is 0. The summed E-state index contributed by atoms with van der Waals surface area (Å²) in [5.74, 6) is -6.07. The zero-order valence-corrected chi connectivity index (χ0v) is 31.8. The molecule has 21 nitrogen and oxygen atoms in total. The molecule has 0 aromatic carbocycles. The molecule has 0 saturated carbocycles. The molecule has 0 bridgehead atoms. The molecule has 0 aliphatic rings. The third-order valence-corrected chi connectivity index (χ3v) is 8.41. The first-order valence-corrected chi connectivity index (χ1v) is 18.1. The molecule has 306 valence electrons. The van der Waals surface area contributed by atoms with Crippen LogP contribution in [0.3, 0.4) is 0 Å². The predicted octanol–water partition coefficient (Wildman–Crippen LogP) is -3.17. The average Bonchev–Trinajstić information content (AvgIpc) is 3.83. The molecule has 0 aliphatic heterocycles. The standard InChI is InChI=1S/C34H56N12O9/c1-17(2)10-25(44-29(49)19(4)41-28(48)18(3)42-30(50)23(36)11-21-13-37-15-39-21)32(52)46-27(20(5)47)33(53)43-24(8-6-7-9-35)31(51)45-26(34(54)55)12-22-14-38-16-40-22/h13-20,23-27,47H,6-12,35-36H2,1-5H3,(H,37,39)(H,38,40)(H,41,48)(H,42,50)(H,43,53)(H,44,49)(H,45,51)(H,46,52)(H,54,55)/t18-,19-,20+,23-,24-,25-,26-,27-/m0/s1. The number of hydrogen-bond acceptors (Lipinski definition) is 12. The summed E-state index contributed by atoms with van der Waals surface area (Å²) in [6, 6.07) is -8.63. The molecule has 2 aromatic heterocycles. The van der Waals surface area contributed by atoms with Crippen LogP contribution in [0.25, 0.3) is 0 Å². The fourth-order valence-electron chi connectivity index (χ4n) is 5.29. The van der Waals surface area contributed by atoms with Gasteiger partial charge in [-0.05, 0) is 58.9 Å². The number of hydrogen-bond donors (Lipinski definition) is 12. The van der Waals surface area contributed by atoms with Crippen molar-refractivity contribution in [3.8, 4) is 0 Å². The molecular formula is C34H56N12O9. The maximum atomic E-state index is 13.6. The molecule has 2 rings (SSSR count). The van der Waals surface area contributed by atoms with E-state index in [9.17, 15) is 43.8 Å². The number of carbonyl (C=O) groups is 7. The third-order valence-electron chi connectivity index (χ3n) is 8.41. The average molecular weight is 777 g/mol. The first kappa shape index (κ1) is 45.7. The van der Waals surface area contributed by atoms with Crippen molar-refractivity contribution in [2.75, 3.05) is 6.54 Å². The highest BCUT2D eigenvalue weighted by atomic mass is 16.4. The number of amides is 6. The second-order valence-corrected chi connectivity index (χ2v) is 13.8. The van der Waals surface area contributed by atoms with Crippen molar-refractivity contribution in [3.63, 3.8) is 0 Å². The number of imidazole rings is 2. The van der Waals surface area contributed by atoms with E-state index >= 15 is 0 Å². The number of aromatic nitrogens is 4. The molecule has 0 aliphatic carbocycles. The van der Waals surface area contributed by atoms with Crippen molar-refractivity contribution in [2.24, 2.45) is 17.4 Å². The Morgan fingerprint density at radius 1 is 0.673 bits per heavy atom. The van der Waals surface area contributed by atoms with Crippen molar-refractivity contribution in [3.05, 3.63) is 36.4 Å². The van der Waals surface area contributed by atoms with Gasteiger partial charge in [0.05, 0.1) is 24.8 Å². The predicted molar refractivity (Wildman–Crippen MR) is 197 cm³/mol. The fraction of sp³-hybridized carbons (Fsp3) is 0.618. The van der Waals surface area contributed by atoms with Gasteiger partial charge in [-0.1, -0.05) is 13.8 Å². The molecule has 21 heteroatoms. The number of H-pyrrole nitrogens is 2. The zero-order valence-electron chi connectivity index (χ0n) is 31.8. The number of carboxylic acids is 1. The van der Waals surface area contributed by atoms with Crippen molar-refractivity contribution < 1.29 is 43.8 Å². The quantitative estimate of drug-likeness (QED) is 0.0469. The minimum absolute atomic E-state index is 0.0710. The molecule has 0 saturated heterocycles. The van der Waals surface area contributed by atoms with E-state index in [1.54, 1.807) is 13.8 Å². The SMILES string of the molecule is CC(C)C[C@H](NC(=O)[C@H](C)NC(=O)[C@H](C)NC(=O)[C@@H](N)Cc1cnc[nH]1)C(=O)N[C@H](C(=O)N[C@@H](CCCCN)C(=O)N[C@@H](Cc1cnc[nH]1)C(=O)O)[C@@H](C)O. The van der Waals surface area contributed by atoms with Crippen LogP contribution in [0.1, 0.15) is 71.7 Å². The van der Waals surface area contributed by atoms with Gasteiger partial charge in [-0.25, -0.2) is 14.8 Å². The van der Waals surface area contributed by atoms with E-state index in [0.29, 0.717) is 30.8 Å². The maximum Gasteiger partial charge on any atom is 0.326 e. The van der Waals surface area contributed by atoms with Crippen LogP contribution in [0.4, 0.5) is 0 Å². The molecule has 8 atom stereocenters. The lowest BCUT2D eigenvalue weighted by Gasteiger charge is -2.28. The Kier molecular flexibility index (Phi) is 18.9. The zero-order chi connectivity index (χ0) is 41.2. The van der Waals surface area contributed by atoms with Gasteiger partial charge in [0.15, 0.2) is 0 Å². The van der Waals surface area contributed by atoms with Gasteiger partial charge in [0.2, 0.25) is 35.4 Å². The van der Waals surface area contributed by atoms with Gasteiger partial charge in [0.25, 0.3) is 0 Å². The van der Waals surface area contributed by atoms with E-state index in [1.807, 2.05) is 0 Å². The number of unbranched alkanes of at least 4 members (excludes halogenated alkanes) is 1. The number of aliphatic hydroxyl groups excluding tert-OH is 1. The lowest BCUT2D eigenvalue weighted by Crippen LogP contribution is -2.61. The van der Waals surface area contributed by atoms with Crippen LogP contribution in [-0.4, -0.2) is 127 Å².